The first-order chi connectivity index (χ1) is 10.1. The van der Waals surface area contributed by atoms with Gasteiger partial charge in [-0.05, 0) is 36.1 Å². The molecule has 1 saturated heterocycles. The SMILES string of the molecule is CC(C)C[C@@H](c1c[nH]c2ccc(Br)cc12)N1CCNCC1.Cl.Cl. The molecule has 0 saturated carbocycles. The maximum atomic E-state index is 3.61. The summed E-state index contributed by atoms with van der Waals surface area (Å²) in [5, 5.41) is 4.81. The molecule has 2 N–H and O–H groups in total. The van der Waals surface area contributed by atoms with Crippen molar-refractivity contribution in [2.24, 2.45) is 5.92 Å². The maximum Gasteiger partial charge on any atom is 0.0458 e. The number of aromatic amines is 1. The van der Waals surface area contributed by atoms with Crippen LogP contribution in [0.5, 0.6) is 0 Å². The van der Waals surface area contributed by atoms with Crippen LogP contribution in [0.15, 0.2) is 28.9 Å². The standard InChI is InChI=1S/C17H24BrN3.2ClH/c1-12(2)9-17(21-7-5-19-6-8-21)15-11-20-16-4-3-13(18)10-14(15)16;;/h3-4,10-12,17,19-20H,5-9H2,1-2H3;2*1H/t17-;;/m0../s1. The maximum absolute atomic E-state index is 3.61. The van der Waals surface area contributed by atoms with Crippen LogP contribution in [0.3, 0.4) is 0 Å². The molecular formula is C17H26BrCl2N3. The van der Waals surface area contributed by atoms with E-state index in [0.717, 1.165) is 30.7 Å². The highest BCUT2D eigenvalue weighted by Gasteiger charge is 2.25. The molecule has 1 atom stereocenters. The van der Waals surface area contributed by atoms with Gasteiger partial charge in [0.15, 0.2) is 0 Å². The van der Waals surface area contributed by atoms with E-state index in [1.165, 1.54) is 22.9 Å². The van der Waals surface area contributed by atoms with Crippen LogP contribution < -0.4 is 5.32 Å². The van der Waals surface area contributed by atoms with Crippen molar-refractivity contribution in [1.82, 2.24) is 15.2 Å². The number of benzene rings is 1. The Morgan fingerprint density at radius 2 is 1.87 bits per heavy atom. The lowest BCUT2D eigenvalue weighted by Gasteiger charge is -2.36. The topological polar surface area (TPSA) is 31.1 Å². The largest absolute Gasteiger partial charge is 0.361 e. The minimum atomic E-state index is 0. The zero-order valence-corrected chi connectivity index (χ0v) is 16.9. The van der Waals surface area contributed by atoms with Crippen molar-refractivity contribution in [2.45, 2.75) is 26.3 Å². The number of rotatable bonds is 4. The van der Waals surface area contributed by atoms with Gasteiger partial charge in [0.1, 0.15) is 0 Å². The summed E-state index contributed by atoms with van der Waals surface area (Å²) in [6.07, 6.45) is 3.42. The first-order valence-electron chi connectivity index (χ1n) is 7.86. The van der Waals surface area contributed by atoms with Crippen molar-refractivity contribution in [3.63, 3.8) is 0 Å². The van der Waals surface area contributed by atoms with Gasteiger partial charge in [-0.15, -0.1) is 24.8 Å². The van der Waals surface area contributed by atoms with Crippen molar-refractivity contribution >= 4 is 51.6 Å². The number of fused-ring (bicyclic) bond motifs is 1. The van der Waals surface area contributed by atoms with E-state index in [4.69, 9.17) is 0 Å². The van der Waals surface area contributed by atoms with Crippen molar-refractivity contribution in [1.29, 1.82) is 0 Å². The van der Waals surface area contributed by atoms with E-state index in [9.17, 15) is 0 Å². The minimum absolute atomic E-state index is 0. The van der Waals surface area contributed by atoms with Crippen molar-refractivity contribution in [2.75, 3.05) is 26.2 Å². The molecule has 130 valence electrons. The number of hydrogen-bond acceptors (Lipinski definition) is 2. The highest BCUT2D eigenvalue weighted by atomic mass is 79.9. The molecule has 1 aliphatic rings. The smallest absolute Gasteiger partial charge is 0.0458 e. The Kier molecular flexibility index (Phi) is 8.39. The lowest BCUT2D eigenvalue weighted by atomic mass is 9.94. The van der Waals surface area contributed by atoms with Crippen LogP contribution in [0.25, 0.3) is 10.9 Å². The highest BCUT2D eigenvalue weighted by molar-refractivity contribution is 9.10. The summed E-state index contributed by atoms with van der Waals surface area (Å²) in [6.45, 7) is 9.11. The van der Waals surface area contributed by atoms with Crippen LogP contribution in [-0.2, 0) is 0 Å². The van der Waals surface area contributed by atoms with E-state index in [1.807, 2.05) is 0 Å². The number of nitrogens with zero attached hydrogens (tertiary/aromatic N) is 1. The predicted molar refractivity (Wildman–Crippen MR) is 107 cm³/mol. The number of halogens is 3. The quantitative estimate of drug-likeness (QED) is 0.743. The molecule has 6 heteroatoms. The number of aromatic nitrogens is 1. The Balaban J connectivity index is 0.00000132. The molecule has 0 radical (unpaired) electrons. The van der Waals surface area contributed by atoms with Gasteiger partial charge < -0.3 is 10.3 Å². The van der Waals surface area contributed by atoms with Gasteiger partial charge in [0.25, 0.3) is 0 Å². The second-order valence-corrected chi connectivity index (χ2v) is 7.28. The number of H-pyrrole nitrogens is 1. The van der Waals surface area contributed by atoms with Gasteiger partial charge >= 0.3 is 0 Å². The molecule has 2 heterocycles. The number of piperazine rings is 1. The van der Waals surface area contributed by atoms with E-state index in [0.29, 0.717) is 12.0 Å². The Bertz CT molecular complexity index is 609. The fourth-order valence-corrected chi connectivity index (χ4v) is 3.66. The van der Waals surface area contributed by atoms with Crippen LogP contribution >= 0.6 is 40.7 Å². The van der Waals surface area contributed by atoms with Gasteiger partial charge in [-0.3, -0.25) is 4.90 Å². The van der Waals surface area contributed by atoms with Crippen molar-refractivity contribution < 1.29 is 0 Å². The average Bonchev–Trinajstić information content (AvgIpc) is 2.88. The van der Waals surface area contributed by atoms with Gasteiger partial charge in [-0.2, -0.15) is 0 Å². The molecular weight excluding hydrogens is 397 g/mol. The zero-order chi connectivity index (χ0) is 14.8. The summed E-state index contributed by atoms with van der Waals surface area (Å²) in [5.74, 6) is 0.696. The molecule has 1 fully saturated rings. The minimum Gasteiger partial charge on any atom is -0.361 e. The number of hydrogen-bond donors (Lipinski definition) is 2. The van der Waals surface area contributed by atoms with Gasteiger partial charge in [0, 0.05) is 53.8 Å². The van der Waals surface area contributed by atoms with Gasteiger partial charge in [-0.25, -0.2) is 0 Å². The van der Waals surface area contributed by atoms with Crippen LogP contribution in [-0.4, -0.2) is 36.1 Å². The Morgan fingerprint density at radius 3 is 2.52 bits per heavy atom. The monoisotopic (exact) mass is 421 g/mol. The zero-order valence-electron chi connectivity index (χ0n) is 13.6. The highest BCUT2D eigenvalue weighted by Crippen LogP contribution is 2.34. The van der Waals surface area contributed by atoms with Crippen LogP contribution in [0.4, 0.5) is 0 Å². The molecule has 3 nitrogen and oxygen atoms in total. The van der Waals surface area contributed by atoms with E-state index in [2.05, 4.69) is 69.4 Å². The molecule has 3 rings (SSSR count). The summed E-state index contributed by atoms with van der Waals surface area (Å²) in [7, 11) is 0. The summed E-state index contributed by atoms with van der Waals surface area (Å²) in [4.78, 5) is 6.08. The fourth-order valence-electron chi connectivity index (χ4n) is 3.30. The van der Waals surface area contributed by atoms with Gasteiger partial charge in [-0.1, -0.05) is 29.8 Å². The van der Waals surface area contributed by atoms with Crippen LogP contribution in [0, 0.1) is 5.92 Å². The van der Waals surface area contributed by atoms with Gasteiger partial charge in [0.05, 0.1) is 0 Å². The first-order valence-corrected chi connectivity index (χ1v) is 8.65. The van der Waals surface area contributed by atoms with Crippen molar-refractivity contribution in [3.05, 3.63) is 34.4 Å². The average molecular weight is 423 g/mol. The first kappa shape index (κ1) is 20.8. The lowest BCUT2D eigenvalue weighted by molar-refractivity contribution is 0.155. The van der Waals surface area contributed by atoms with Crippen LogP contribution in [0.2, 0.25) is 0 Å². The van der Waals surface area contributed by atoms with Crippen LogP contribution in [0.1, 0.15) is 31.9 Å². The van der Waals surface area contributed by atoms with E-state index < -0.39 is 0 Å². The van der Waals surface area contributed by atoms with Crippen molar-refractivity contribution in [3.8, 4) is 0 Å². The third-order valence-corrected chi connectivity index (χ3v) is 4.82. The molecule has 0 spiro atoms. The number of nitrogens with one attached hydrogen (secondary N) is 2. The Labute approximate surface area is 159 Å². The fraction of sp³-hybridized carbons (Fsp3) is 0.529. The van der Waals surface area contributed by atoms with E-state index >= 15 is 0 Å². The predicted octanol–water partition coefficient (Wildman–Crippen LogP) is 4.77. The third kappa shape index (κ3) is 4.86. The molecule has 1 aliphatic heterocycles. The summed E-state index contributed by atoms with van der Waals surface area (Å²) in [6, 6.07) is 7.02. The van der Waals surface area contributed by atoms with E-state index in [-0.39, 0.29) is 24.8 Å². The molecule has 2 aromatic rings. The normalized spacial score (nSPS) is 16.9. The molecule has 1 aromatic heterocycles. The molecule has 0 amide bonds. The van der Waals surface area contributed by atoms with E-state index in [1.54, 1.807) is 0 Å². The molecule has 1 aromatic carbocycles. The molecule has 23 heavy (non-hydrogen) atoms. The van der Waals surface area contributed by atoms with Gasteiger partial charge in [0.2, 0.25) is 0 Å². The summed E-state index contributed by atoms with van der Waals surface area (Å²) < 4.78 is 1.15. The Hall–Kier alpha value is -0.260. The lowest BCUT2D eigenvalue weighted by Crippen LogP contribution is -2.45. The molecule has 0 bridgehead atoms. The molecule has 0 unspecified atom stereocenters. The second-order valence-electron chi connectivity index (χ2n) is 6.37. The third-order valence-electron chi connectivity index (χ3n) is 4.32. The second kappa shape index (κ2) is 9.28. The summed E-state index contributed by atoms with van der Waals surface area (Å²) >= 11 is 3.61. The Morgan fingerprint density at radius 1 is 1.17 bits per heavy atom. The molecule has 0 aliphatic carbocycles. The summed E-state index contributed by atoms with van der Waals surface area (Å²) in [5.41, 5.74) is 2.68.